The molecule has 4 N–H and O–H groups in total. The maximum atomic E-state index is 12.9. The van der Waals surface area contributed by atoms with E-state index in [1.54, 1.807) is 35.9 Å². The molecule has 31 heavy (non-hydrogen) atoms. The Morgan fingerprint density at radius 1 is 1.32 bits per heavy atom. The van der Waals surface area contributed by atoms with Gasteiger partial charge in [-0.25, -0.2) is 4.99 Å². The number of aliphatic imine (C=N–C) groups is 1. The Morgan fingerprint density at radius 3 is 2.74 bits per heavy atom. The SMILES string of the molecule is CCCN(C)C(=O)c1cn(NC)c(C(N)=Nc2cc(Nc3ccon3)ccc2C)c1C. The third kappa shape index (κ3) is 4.71. The predicted octanol–water partition coefficient (Wildman–Crippen LogP) is 3.53. The lowest BCUT2D eigenvalue weighted by molar-refractivity contribution is 0.0794. The first-order chi connectivity index (χ1) is 14.8. The van der Waals surface area contributed by atoms with Gasteiger partial charge in [-0.05, 0) is 43.5 Å². The van der Waals surface area contributed by atoms with Crippen LogP contribution < -0.4 is 16.5 Å². The molecule has 0 aliphatic carbocycles. The zero-order chi connectivity index (χ0) is 22.5. The van der Waals surface area contributed by atoms with Gasteiger partial charge in [0, 0.05) is 38.6 Å². The summed E-state index contributed by atoms with van der Waals surface area (Å²) >= 11 is 0. The van der Waals surface area contributed by atoms with E-state index in [-0.39, 0.29) is 5.91 Å². The fourth-order valence-electron chi connectivity index (χ4n) is 3.36. The van der Waals surface area contributed by atoms with E-state index >= 15 is 0 Å². The first-order valence-corrected chi connectivity index (χ1v) is 10.1. The molecule has 3 rings (SSSR count). The van der Waals surface area contributed by atoms with Crippen LogP contribution in [0.3, 0.4) is 0 Å². The van der Waals surface area contributed by atoms with Crippen LogP contribution >= 0.6 is 0 Å². The average Bonchev–Trinajstić information content (AvgIpc) is 3.37. The molecule has 0 unspecified atom stereocenters. The van der Waals surface area contributed by atoms with Gasteiger partial charge < -0.3 is 25.9 Å². The van der Waals surface area contributed by atoms with Crippen molar-refractivity contribution in [2.45, 2.75) is 27.2 Å². The highest BCUT2D eigenvalue weighted by molar-refractivity contribution is 6.04. The Balaban J connectivity index is 1.97. The molecule has 1 aromatic carbocycles. The van der Waals surface area contributed by atoms with Gasteiger partial charge in [-0.1, -0.05) is 18.1 Å². The topological polar surface area (TPSA) is 114 Å². The predicted molar refractivity (Wildman–Crippen MR) is 123 cm³/mol. The van der Waals surface area contributed by atoms with E-state index in [2.05, 4.69) is 20.9 Å². The number of anilines is 2. The second-order valence-electron chi connectivity index (χ2n) is 7.34. The summed E-state index contributed by atoms with van der Waals surface area (Å²) in [5, 5.41) is 7.02. The molecule has 164 valence electrons. The van der Waals surface area contributed by atoms with Crippen molar-refractivity contribution in [2.75, 3.05) is 31.4 Å². The van der Waals surface area contributed by atoms with Crippen molar-refractivity contribution < 1.29 is 9.32 Å². The second-order valence-corrected chi connectivity index (χ2v) is 7.34. The molecule has 0 saturated carbocycles. The molecular formula is C22H29N7O2. The fraction of sp³-hybridized carbons (Fsp3) is 0.318. The van der Waals surface area contributed by atoms with Crippen LogP contribution in [0.15, 0.2) is 46.2 Å². The minimum atomic E-state index is -0.0441. The van der Waals surface area contributed by atoms with Crippen molar-refractivity contribution in [2.24, 2.45) is 10.7 Å². The van der Waals surface area contributed by atoms with Gasteiger partial charge in [-0.3, -0.25) is 9.47 Å². The molecule has 3 aromatic rings. The summed E-state index contributed by atoms with van der Waals surface area (Å²) in [5.74, 6) is 0.870. The van der Waals surface area contributed by atoms with Gasteiger partial charge >= 0.3 is 0 Å². The standard InChI is InChI=1S/C22H29N7O2/c1-6-10-28(5)22(30)17-13-29(24-4)20(15(17)3)21(23)26-18-12-16(8-7-14(18)2)25-19-9-11-31-27-19/h7-9,11-13,24H,6,10H2,1-5H3,(H2,23,26)(H,25,27). The molecule has 0 bridgehead atoms. The Morgan fingerprint density at radius 2 is 2.10 bits per heavy atom. The van der Waals surface area contributed by atoms with Crippen LogP contribution in [0, 0.1) is 13.8 Å². The minimum absolute atomic E-state index is 0.0441. The van der Waals surface area contributed by atoms with Crippen LogP contribution in [-0.2, 0) is 0 Å². The number of nitrogens with zero attached hydrogens (tertiary/aromatic N) is 4. The summed E-state index contributed by atoms with van der Waals surface area (Å²) < 4.78 is 6.58. The molecule has 1 amide bonds. The number of nitrogens with two attached hydrogens (primary N) is 1. The van der Waals surface area contributed by atoms with Crippen molar-refractivity contribution >= 4 is 28.9 Å². The van der Waals surface area contributed by atoms with E-state index in [1.165, 1.54) is 6.26 Å². The molecular weight excluding hydrogens is 394 g/mol. The van der Waals surface area contributed by atoms with Crippen molar-refractivity contribution in [3.63, 3.8) is 0 Å². The summed E-state index contributed by atoms with van der Waals surface area (Å²) in [4.78, 5) is 19.2. The van der Waals surface area contributed by atoms with E-state index in [4.69, 9.17) is 10.3 Å². The summed E-state index contributed by atoms with van der Waals surface area (Å²) in [6, 6.07) is 7.50. The second kappa shape index (κ2) is 9.38. The lowest BCUT2D eigenvalue weighted by Gasteiger charge is -2.15. The number of hydrogen-bond donors (Lipinski definition) is 3. The van der Waals surface area contributed by atoms with Crippen LogP contribution in [0.4, 0.5) is 17.2 Å². The average molecular weight is 424 g/mol. The molecule has 9 nitrogen and oxygen atoms in total. The third-order valence-corrected chi connectivity index (χ3v) is 5.04. The van der Waals surface area contributed by atoms with Crippen LogP contribution in [-0.4, -0.2) is 47.1 Å². The number of carbonyl (C=O) groups excluding carboxylic acids is 1. The van der Waals surface area contributed by atoms with E-state index < -0.39 is 0 Å². The van der Waals surface area contributed by atoms with E-state index in [1.807, 2.05) is 39.0 Å². The monoisotopic (exact) mass is 423 g/mol. The number of rotatable bonds is 8. The summed E-state index contributed by atoms with van der Waals surface area (Å²) in [6.45, 7) is 6.57. The highest BCUT2D eigenvalue weighted by Crippen LogP contribution is 2.26. The maximum Gasteiger partial charge on any atom is 0.255 e. The normalized spacial score (nSPS) is 11.5. The van der Waals surface area contributed by atoms with Crippen LogP contribution in [0.5, 0.6) is 0 Å². The zero-order valence-electron chi connectivity index (χ0n) is 18.6. The van der Waals surface area contributed by atoms with Crippen molar-refractivity contribution in [3.8, 4) is 0 Å². The largest absolute Gasteiger partial charge is 0.382 e. The molecule has 0 radical (unpaired) electrons. The minimum Gasteiger partial charge on any atom is -0.382 e. The molecule has 0 spiro atoms. The molecule has 0 aliphatic heterocycles. The number of hydrogen-bond acceptors (Lipinski definition) is 6. The first-order valence-electron chi connectivity index (χ1n) is 10.1. The molecule has 0 saturated heterocycles. The highest BCUT2D eigenvalue weighted by atomic mass is 16.5. The summed E-state index contributed by atoms with van der Waals surface area (Å²) in [6.07, 6.45) is 4.15. The van der Waals surface area contributed by atoms with Gasteiger partial charge in [0.1, 0.15) is 17.8 Å². The number of aromatic nitrogens is 2. The third-order valence-electron chi connectivity index (χ3n) is 5.04. The highest BCUT2D eigenvalue weighted by Gasteiger charge is 2.22. The van der Waals surface area contributed by atoms with E-state index in [0.29, 0.717) is 35.1 Å². The van der Waals surface area contributed by atoms with Gasteiger partial charge in [-0.15, -0.1) is 0 Å². The van der Waals surface area contributed by atoms with Crippen molar-refractivity contribution in [1.82, 2.24) is 14.7 Å². The number of benzene rings is 1. The van der Waals surface area contributed by atoms with Gasteiger partial charge in [0.25, 0.3) is 5.91 Å². The maximum absolute atomic E-state index is 12.9. The van der Waals surface area contributed by atoms with E-state index in [0.717, 1.165) is 23.2 Å². The number of aryl methyl sites for hydroxylation is 1. The molecule has 0 atom stereocenters. The Hall–Kier alpha value is -3.75. The smallest absolute Gasteiger partial charge is 0.255 e. The first kappa shape index (κ1) is 21.9. The molecule has 2 aromatic heterocycles. The number of amidine groups is 1. The van der Waals surface area contributed by atoms with Gasteiger partial charge in [-0.2, -0.15) is 0 Å². The van der Waals surface area contributed by atoms with Crippen molar-refractivity contribution in [3.05, 3.63) is 59.1 Å². The van der Waals surface area contributed by atoms with Crippen LogP contribution in [0.25, 0.3) is 0 Å². The summed E-state index contributed by atoms with van der Waals surface area (Å²) in [5.41, 5.74) is 14.0. The van der Waals surface area contributed by atoms with E-state index in [9.17, 15) is 4.79 Å². The molecule has 0 fully saturated rings. The lowest BCUT2D eigenvalue weighted by Crippen LogP contribution is -2.27. The lowest BCUT2D eigenvalue weighted by atomic mass is 10.1. The Kier molecular flexibility index (Phi) is 6.64. The number of nitrogens with one attached hydrogen (secondary N) is 2. The number of carbonyl (C=O) groups is 1. The van der Waals surface area contributed by atoms with Gasteiger partial charge in [0.15, 0.2) is 5.82 Å². The quantitative estimate of drug-likeness (QED) is 0.377. The van der Waals surface area contributed by atoms with Crippen molar-refractivity contribution in [1.29, 1.82) is 0 Å². The van der Waals surface area contributed by atoms with Gasteiger partial charge in [0.2, 0.25) is 0 Å². The number of amides is 1. The van der Waals surface area contributed by atoms with Crippen LogP contribution in [0.2, 0.25) is 0 Å². The molecule has 0 aliphatic rings. The van der Waals surface area contributed by atoms with Gasteiger partial charge in [0.05, 0.1) is 11.3 Å². The fourth-order valence-corrected chi connectivity index (χ4v) is 3.36. The molecule has 2 heterocycles. The Bertz CT molecular complexity index is 1080. The van der Waals surface area contributed by atoms with Crippen LogP contribution in [0.1, 0.15) is 40.5 Å². The molecule has 9 heteroatoms. The summed E-state index contributed by atoms with van der Waals surface area (Å²) in [7, 11) is 3.57. The zero-order valence-corrected chi connectivity index (χ0v) is 18.6. The Labute approximate surface area is 181 Å².